The van der Waals surface area contributed by atoms with Gasteiger partial charge in [-0.05, 0) is 66.6 Å². The first-order chi connectivity index (χ1) is 14.5. The maximum Gasteiger partial charge on any atom is 0.118 e. The fraction of sp³-hybridized carbons (Fsp3) is 0.125. The van der Waals surface area contributed by atoms with Gasteiger partial charge in [0, 0.05) is 45.1 Å². The van der Waals surface area contributed by atoms with E-state index < -0.39 is 0 Å². The van der Waals surface area contributed by atoms with Crippen LogP contribution in [0.1, 0.15) is 11.3 Å². The Balaban J connectivity index is 1.81. The first kappa shape index (κ1) is 20.9. The number of pyridine rings is 1. The molecule has 0 saturated carbocycles. The van der Waals surface area contributed by atoms with Crippen LogP contribution in [0.2, 0.25) is 10.0 Å². The third-order valence-corrected chi connectivity index (χ3v) is 6.34. The number of aromatic nitrogens is 2. The number of methoxy groups -OCH3 is 1. The number of ether oxygens (including phenoxy) is 1. The van der Waals surface area contributed by atoms with Crippen LogP contribution in [0.15, 0.2) is 83.0 Å². The average molecular weight is 455 g/mol. The van der Waals surface area contributed by atoms with Gasteiger partial charge < -0.3 is 9.30 Å². The minimum absolute atomic E-state index is 0.625. The lowest BCUT2D eigenvalue weighted by Gasteiger charge is -2.14. The standard InChI is InChI=1S/C24H20Cl2N2OS/c1-16-11-23(18-3-5-21(29-2)6-4-18)24(28(16)15-17-7-9-27-10-8-17)30-22-13-19(25)12-20(26)14-22/h3-14H,15H2,1-2H3. The summed E-state index contributed by atoms with van der Waals surface area (Å²) < 4.78 is 7.63. The zero-order chi connectivity index (χ0) is 21.1. The van der Waals surface area contributed by atoms with Gasteiger partial charge in [-0.15, -0.1) is 0 Å². The van der Waals surface area contributed by atoms with Crippen LogP contribution < -0.4 is 4.74 Å². The molecule has 0 N–H and O–H groups in total. The van der Waals surface area contributed by atoms with Gasteiger partial charge in [0.2, 0.25) is 0 Å². The first-order valence-electron chi connectivity index (χ1n) is 9.41. The molecule has 30 heavy (non-hydrogen) atoms. The van der Waals surface area contributed by atoms with Crippen molar-refractivity contribution in [1.29, 1.82) is 0 Å². The SMILES string of the molecule is COc1ccc(-c2cc(C)n(Cc3ccncc3)c2Sc2cc(Cl)cc(Cl)c2)cc1. The summed E-state index contributed by atoms with van der Waals surface area (Å²) in [6.45, 7) is 2.88. The summed E-state index contributed by atoms with van der Waals surface area (Å²) in [5.74, 6) is 0.836. The van der Waals surface area contributed by atoms with Gasteiger partial charge >= 0.3 is 0 Å². The van der Waals surface area contributed by atoms with E-state index in [9.17, 15) is 0 Å². The Labute approximate surface area is 190 Å². The smallest absolute Gasteiger partial charge is 0.118 e. The van der Waals surface area contributed by atoms with Crippen LogP contribution in [0.5, 0.6) is 5.75 Å². The molecule has 0 amide bonds. The molecule has 0 atom stereocenters. The van der Waals surface area contributed by atoms with Crippen LogP contribution >= 0.6 is 35.0 Å². The minimum atomic E-state index is 0.625. The van der Waals surface area contributed by atoms with E-state index in [1.807, 2.05) is 48.8 Å². The lowest BCUT2D eigenvalue weighted by atomic mass is 10.1. The second-order valence-corrected chi connectivity index (χ2v) is 8.82. The highest BCUT2D eigenvalue weighted by molar-refractivity contribution is 7.99. The maximum atomic E-state index is 6.26. The third kappa shape index (κ3) is 4.67. The summed E-state index contributed by atoms with van der Waals surface area (Å²) in [4.78, 5) is 5.13. The van der Waals surface area contributed by atoms with Crippen LogP contribution in [0, 0.1) is 6.92 Å². The second kappa shape index (κ2) is 9.17. The normalized spacial score (nSPS) is 10.9. The molecule has 3 nitrogen and oxygen atoms in total. The molecule has 0 aliphatic carbocycles. The number of rotatable bonds is 6. The van der Waals surface area contributed by atoms with E-state index in [2.05, 4.69) is 34.7 Å². The van der Waals surface area contributed by atoms with E-state index in [1.165, 1.54) is 11.3 Å². The molecule has 4 aromatic rings. The summed E-state index contributed by atoms with van der Waals surface area (Å²) >= 11 is 14.2. The van der Waals surface area contributed by atoms with Crippen LogP contribution in [-0.2, 0) is 6.54 Å². The van der Waals surface area contributed by atoms with Gasteiger partial charge in [0.15, 0.2) is 0 Å². The monoisotopic (exact) mass is 454 g/mol. The first-order valence-corrected chi connectivity index (χ1v) is 11.0. The average Bonchev–Trinajstić information content (AvgIpc) is 3.03. The number of hydrogen-bond donors (Lipinski definition) is 0. The Hall–Kier alpha value is -2.40. The molecule has 6 heteroatoms. The van der Waals surface area contributed by atoms with Gasteiger partial charge in [-0.25, -0.2) is 0 Å². The highest BCUT2D eigenvalue weighted by Gasteiger charge is 2.17. The van der Waals surface area contributed by atoms with Crippen LogP contribution in [0.25, 0.3) is 11.1 Å². The molecule has 0 unspecified atom stereocenters. The zero-order valence-electron chi connectivity index (χ0n) is 16.6. The highest BCUT2D eigenvalue weighted by atomic mass is 35.5. The van der Waals surface area contributed by atoms with Crippen LogP contribution in [0.4, 0.5) is 0 Å². The number of aryl methyl sites for hydroxylation is 1. The fourth-order valence-electron chi connectivity index (χ4n) is 3.31. The van der Waals surface area contributed by atoms with Crippen molar-refractivity contribution in [3.63, 3.8) is 0 Å². The Morgan fingerprint density at radius 2 is 1.60 bits per heavy atom. The maximum absolute atomic E-state index is 6.26. The topological polar surface area (TPSA) is 27.1 Å². The van der Waals surface area contributed by atoms with Crippen molar-refractivity contribution >= 4 is 35.0 Å². The summed E-state index contributed by atoms with van der Waals surface area (Å²) in [7, 11) is 1.68. The van der Waals surface area contributed by atoms with Gasteiger partial charge in [-0.2, -0.15) is 0 Å². The quantitative estimate of drug-likeness (QED) is 0.304. The molecule has 0 aliphatic heterocycles. The Kier molecular flexibility index (Phi) is 6.38. The molecule has 0 radical (unpaired) electrons. The van der Waals surface area contributed by atoms with Gasteiger partial charge in [0.25, 0.3) is 0 Å². The molecule has 2 heterocycles. The zero-order valence-corrected chi connectivity index (χ0v) is 18.9. The third-order valence-electron chi connectivity index (χ3n) is 4.80. The van der Waals surface area contributed by atoms with Crippen LogP contribution in [0.3, 0.4) is 0 Å². The van der Waals surface area contributed by atoms with E-state index in [0.717, 1.165) is 33.3 Å². The fourth-order valence-corrected chi connectivity index (χ4v) is 5.16. The van der Waals surface area contributed by atoms with Gasteiger partial charge in [-0.1, -0.05) is 47.1 Å². The van der Waals surface area contributed by atoms with Gasteiger partial charge in [0.1, 0.15) is 5.75 Å². The van der Waals surface area contributed by atoms with Crippen molar-refractivity contribution in [3.05, 3.63) is 94.4 Å². The molecule has 2 aromatic carbocycles. The van der Waals surface area contributed by atoms with Crippen molar-refractivity contribution < 1.29 is 4.74 Å². The number of hydrogen-bond acceptors (Lipinski definition) is 3. The molecule has 4 rings (SSSR count). The molecule has 0 bridgehead atoms. The Morgan fingerprint density at radius 3 is 2.23 bits per heavy atom. The minimum Gasteiger partial charge on any atom is -0.497 e. The number of halogens is 2. The summed E-state index contributed by atoms with van der Waals surface area (Å²) in [6, 6.07) is 20.1. The summed E-state index contributed by atoms with van der Waals surface area (Å²) in [5.41, 5.74) is 4.65. The molecular weight excluding hydrogens is 435 g/mol. The predicted octanol–water partition coefficient (Wildman–Crippen LogP) is 7.37. The van der Waals surface area contributed by atoms with Crippen molar-refractivity contribution in [1.82, 2.24) is 9.55 Å². The van der Waals surface area contributed by atoms with Gasteiger partial charge in [0.05, 0.1) is 12.1 Å². The van der Waals surface area contributed by atoms with Crippen molar-refractivity contribution in [2.45, 2.75) is 23.4 Å². The Bertz CT molecular complexity index is 1140. The summed E-state index contributed by atoms with van der Waals surface area (Å²) in [5, 5.41) is 2.38. The van der Waals surface area contributed by atoms with Gasteiger partial charge in [-0.3, -0.25) is 4.98 Å². The number of benzene rings is 2. The largest absolute Gasteiger partial charge is 0.497 e. The van der Waals surface area contributed by atoms with E-state index in [1.54, 1.807) is 24.9 Å². The second-order valence-electron chi connectivity index (χ2n) is 6.88. The van der Waals surface area contributed by atoms with Crippen molar-refractivity contribution in [2.24, 2.45) is 0 Å². The van der Waals surface area contributed by atoms with E-state index >= 15 is 0 Å². The molecule has 0 aliphatic rings. The van der Waals surface area contributed by atoms with E-state index in [0.29, 0.717) is 10.0 Å². The lowest BCUT2D eigenvalue weighted by molar-refractivity contribution is 0.415. The van der Waals surface area contributed by atoms with E-state index in [4.69, 9.17) is 27.9 Å². The molecule has 2 aromatic heterocycles. The highest BCUT2D eigenvalue weighted by Crippen LogP contribution is 2.40. The molecule has 152 valence electrons. The molecule has 0 saturated heterocycles. The molecule has 0 spiro atoms. The number of nitrogens with zero attached hydrogens (tertiary/aromatic N) is 2. The van der Waals surface area contributed by atoms with Crippen LogP contribution in [-0.4, -0.2) is 16.7 Å². The van der Waals surface area contributed by atoms with E-state index in [-0.39, 0.29) is 0 Å². The summed E-state index contributed by atoms with van der Waals surface area (Å²) in [6.07, 6.45) is 3.64. The van der Waals surface area contributed by atoms with Crippen molar-refractivity contribution in [3.8, 4) is 16.9 Å². The lowest BCUT2D eigenvalue weighted by Crippen LogP contribution is -2.03. The van der Waals surface area contributed by atoms with Crippen molar-refractivity contribution in [2.75, 3.05) is 7.11 Å². The molecular formula is C24H20Cl2N2OS. The molecule has 0 fully saturated rings. The Morgan fingerprint density at radius 1 is 0.933 bits per heavy atom. The predicted molar refractivity (Wildman–Crippen MR) is 125 cm³/mol.